The van der Waals surface area contributed by atoms with Gasteiger partial charge in [0.15, 0.2) is 5.69 Å². The van der Waals surface area contributed by atoms with E-state index in [1.54, 1.807) is 17.9 Å². The van der Waals surface area contributed by atoms with Gasteiger partial charge in [-0.25, -0.2) is 4.79 Å². The Bertz CT molecular complexity index is 1090. The molecule has 4 bridgehead atoms. The molecule has 2 heterocycles. The lowest BCUT2D eigenvalue weighted by Crippen LogP contribution is -2.57. The standard InChI is InChI=1S/C21H26N6O5/c1-25-18(19(29)32-2)16(10-22-25)24-17(28)8-20-4-13-3-14(5-20)7-21(6-13,12-20)26-11-15(9-23-26)27(30)31/h9-11,13-14H,3-8,12H2,1-2H3,(H,24,28). The molecule has 4 aliphatic rings. The SMILES string of the molecule is COC(=O)c1c(NC(=O)CC23CC4CC(C2)CC(n2cc([N+](=O)[O-])cn2)(C4)C3)cnn1C. The van der Waals surface area contributed by atoms with Crippen LogP contribution < -0.4 is 5.32 Å². The predicted molar refractivity (Wildman–Crippen MR) is 112 cm³/mol. The van der Waals surface area contributed by atoms with E-state index in [4.69, 9.17) is 4.74 Å². The van der Waals surface area contributed by atoms with Gasteiger partial charge in [0.2, 0.25) is 5.91 Å². The molecule has 170 valence electrons. The average Bonchev–Trinajstić information content (AvgIpc) is 3.34. The Morgan fingerprint density at radius 1 is 1.25 bits per heavy atom. The summed E-state index contributed by atoms with van der Waals surface area (Å²) in [5.74, 6) is 0.244. The van der Waals surface area contributed by atoms with Gasteiger partial charge in [-0.15, -0.1) is 0 Å². The van der Waals surface area contributed by atoms with E-state index in [9.17, 15) is 19.7 Å². The third-order valence-electron chi connectivity index (χ3n) is 7.54. The molecule has 1 amide bonds. The molecule has 6 rings (SSSR count). The first kappa shape index (κ1) is 20.7. The number of carbonyl (C=O) groups is 2. The molecule has 11 nitrogen and oxygen atoms in total. The number of methoxy groups -OCH3 is 1. The number of hydrogen-bond acceptors (Lipinski definition) is 7. The molecule has 2 aromatic rings. The number of nitrogens with one attached hydrogen (secondary N) is 1. The molecule has 2 atom stereocenters. The van der Waals surface area contributed by atoms with E-state index in [0.717, 1.165) is 38.5 Å². The minimum atomic E-state index is -0.561. The average molecular weight is 442 g/mol. The lowest BCUT2D eigenvalue weighted by molar-refractivity contribution is -0.385. The molecule has 2 aromatic heterocycles. The normalized spacial score (nSPS) is 30.3. The van der Waals surface area contributed by atoms with Crippen molar-refractivity contribution in [3.8, 4) is 0 Å². The van der Waals surface area contributed by atoms with Gasteiger partial charge in [-0.05, 0) is 55.8 Å². The van der Waals surface area contributed by atoms with Gasteiger partial charge in [-0.3, -0.25) is 24.3 Å². The predicted octanol–water partition coefficient (Wildman–Crippen LogP) is 2.64. The number of ether oxygens (including phenoxy) is 1. The monoisotopic (exact) mass is 442 g/mol. The molecule has 0 spiro atoms. The largest absolute Gasteiger partial charge is 0.464 e. The first-order valence-electron chi connectivity index (χ1n) is 10.8. The Morgan fingerprint density at radius 3 is 2.59 bits per heavy atom. The van der Waals surface area contributed by atoms with Gasteiger partial charge in [0.05, 0.1) is 29.5 Å². The van der Waals surface area contributed by atoms with Gasteiger partial charge in [0.25, 0.3) is 0 Å². The number of anilines is 1. The fraction of sp³-hybridized carbons (Fsp3) is 0.619. The summed E-state index contributed by atoms with van der Waals surface area (Å²) < 4.78 is 7.98. The molecule has 4 saturated carbocycles. The van der Waals surface area contributed by atoms with E-state index in [-0.39, 0.29) is 28.2 Å². The summed E-state index contributed by atoms with van der Waals surface area (Å²) in [6, 6.07) is 0. The minimum absolute atomic E-state index is 0.000504. The Morgan fingerprint density at radius 2 is 1.97 bits per heavy atom. The quantitative estimate of drug-likeness (QED) is 0.413. The second-order valence-corrected chi connectivity index (χ2v) is 9.83. The molecule has 0 saturated heterocycles. The van der Waals surface area contributed by atoms with Crippen LogP contribution in [0.5, 0.6) is 0 Å². The molecule has 4 aliphatic carbocycles. The van der Waals surface area contributed by atoms with Crippen molar-refractivity contribution in [2.75, 3.05) is 12.4 Å². The van der Waals surface area contributed by atoms with Crippen LogP contribution in [-0.2, 0) is 22.1 Å². The van der Waals surface area contributed by atoms with Crippen LogP contribution in [0, 0.1) is 27.4 Å². The van der Waals surface area contributed by atoms with Crippen molar-refractivity contribution in [3.63, 3.8) is 0 Å². The van der Waals surface area contributed by atoms with Gasteiger partial charge in [-0.1, -0.05) is 0 Å². The van der Waals surface area contributed by atoms with Crippen molar-refractivity contribution in [3.05, 3.63) is 34.4 Å². The number of aromatic nitrogens is 4. The summed E-state index contributed by atoms with van der Waals surface area (Å²) in [6.45, 7) is 0. The lowest BCUT2D eigenvalue weighted by Gasteiger charge is -2.61. The van der Waals surface area contributed by atoms with Crippen molar-refractivity contribution in [1.82, 2.24) is 19.6 Å². The Labute approximate surface area is 184 Å². The topological polar surface area (TPSA) is 134 Å². The lowest BCUT2D eigenvalue weighted by atomic mass is 9.46. The third-order valence-corrected chi connectivity index (χ3v) is 7.54. The Balaban J connectivity index is 1.38. The van der Waals surface area contributed by atoms with Crippen molar-refractivity contribution in [2.45, 2.75) is 50.5 Å². The highest BCUT2D eigenvalue weighted by molar-refractivity contribution is 6.00. The fourth-order valence-electron chi connectivity index (χ4n) is 6.95. The van der Waals surface area contributed by atoms with E-state index < -0.39 is 10.9 Å². The Kier molecular flexibility index (Phi) is 4.61. The minimum Gasteiger partial charge on any atom is -0.464 e. The molecule has 32 heavy (non-hydrogen) atoms. The van der Waals surface area contributed by atoms with Crippen LogP contribution in [0.1, 0.15) is 55.4 Å². The molecular formula is C21H26N6O5. The molecule has 0 aliphatic heterocycles. The fourth-order valence-corrected chi connectivity index (χ4v) is 6.95. The van der Waals surface area contributed by atoms with Crippen LogP contribution in [0.15, 0.2) is 18.6 Å². The smallest absolute Gasteiger partial charge is 0.358 e. The zero-order valence-electron chi connectivity index (χ0n) is 18.1. The van der Waals surface area contributed by atoms with Gasteiger partial charge in [0, 0.05) is 13.5 Å². The van der Waals surface area contributed by atoms with Crippen molar-refractivity contribution < 1.29 is 19.2 Å². The van der Waals surface area contributed by atoms with Crippen molar-refractivity contribution >= 4 is 23.3 Å². The Hall–Kier alpha value is -3.24. The zero-order chi connectivity index (χ0) is 22.7. The summed E-state index contributed by atoms with van der Waals surface area (Å²) in [7, 11) is 2.91. The molecule has 11 heteroatoms. The second kappa shape index (κ2) is 7.14. The number of nitrogens with zero attached hydrogens (tertiary/aromatic N) is 5. The summed E-state index contributed by atoms with van der Waals surface area (Å²) in [4.78, 5) is 35.9. The summed E-state index contributed by atoms with van der Waals surface area (Å²) in [6.07, 6.45) is 10.4. The highest BCUT2D eigenvalue weighted by Crippen LogP contribution is 2.65. The number of nitro groups is 1. The molecular weight excluding hydrogens is 416 g/mol. The van der Waals surface area contributed by atoms with Gasteiger partial charge in [-0.2, -0.15) is 10.2 Å². The van der Waals surface area contributed by atoms with E-state index in [2.05, 4.69) is 15.5 Å². The maximum atomic E-state index is 13.1. The van der Waals surface area contributed by atoms with Crippen LogP contribution in [0.4, 0.5) is 11.4 Å². The third kappa shape index (κ3) is 3.26. The highest BCUT2D eigenvalue weighted by atomic mass is 16.6. The number of aryl methyl sites for hydroxylation is 1. The van der Waals surface area contributed by atoms with Crippen LogP contribution in [-0.4, -0.2) is 43.5 Å². The van der Waals surface area contributed by atoms with E-state index in [1.165, 1.54) is 24.2 Å². The van der Waals surface area contributed by atoms with E-state index in [0.29, 0.717) is 23.9 Å². The number of amides is 1. The summed E-state index contributed by atoms with van der Waals surface area (Å²) >= 11 is 0. The number of hydrogen-bond donors (Lipinski definition) is 1. The van der Waals surface area contributed by atoms with E-state index in [1.807, 2.05) is 0 Å². The summed E-state index contributed by atoms with van der Waals surface area (Å²) in [5.41, 5.74) is 0.0877. The first-order valence-corrected chi connectivity index (χ1v) is 10.8. The zero-order valence-corrected chi connectivity index (χ0v) is 18.1. The maximum Gasteiger partial charge on any atom is 0.358 e. The van der Waals surface area contributed by atoms with Crippen LogP contribution >= 0.6 is 0 Å². The van der Waals surface area contributed by atoms with Gasteiger partial charge < -0.3 is 10.1 Å². The first-order chi connectivity index (χ1) is 15.2. The van der Waals surface area contributed by atoms with Crippen LogP contribution in [0.25, 0.3) is 0 Å². The molecule has 0 aromatic carbocycles. The maximum absolute atomic E-state index is 13.1. The highest BCUT2D eigenvalue weighted by Gasteiger charge is 2.59. The summed E-state index contributed by atoms with van der Waals surface area (Å²) in [5, 5.41) is 22.5. The van der Waals surface area contributed by atoms with Crippen molar-refractivity contribution in [2.24, 2.45) is 24.3 Å². The molecule has 2 unspecified atom stereocenters. The van der Waals surface area contributed by atoms with Crippen LogP contribution in [0.2, 0.25) is 0 Å². The molecule has 0 radical (unpaired) electrons. The number of rotatable bonds is 6. The van der Waals surface area contributed by atoms with Gasteiger partial charge >= 0.3 is 11.7 Å². The van der Waals surface area contributed by atoms with Crippen molar-refractivity contribution in [1.29, 1.82) is 0 Å². The van der Waals surface area contributed by atoms with Gasteiger partial charge in [0.1, 0.15) is 12.4 Å². The number of esters is 1. The molecule has 4 fully saturated rings. The molecule has 1 N–H and O–H groups in total. The second-order valence-electron chi connectivity index (χ2n) is 9.83. The number of carbonyl (C=O) groups excluding carboxylic acids is 2. The van der Waals surface area contributed by atoms with E-state index >= 15 is 0 Å². The van der Waals surface area contributed by atoms with Crippen LogP contribution in [0.3, 0.4) is 0 Å².